The Morgan fingerprint density at radius 3 is 2.70 bits per heavy atom. The van der Waals surface area contributed by atoms with Crippen molar-refractivity contribution >= 4 is 26.3 Å². The van der Waals surface area contributed by atoms with Crippen molar-refractivity contribution in [2.45, 2.75) is 57.4 Å². The second-order valence-electron chi connectivity index (χ2n) is 6.32. The van der Waals surface area contributed by atoms with Gasteiger partial charge in [-0.2, -0.15) is 0 Å². The molecule has 2 heterocycles. The van der Waals surface area contributed by atoms with Crippen LogP contribution in [0.5, 0.6) is 0 Å². The zero-order valence-corrected chi connectivity index (χ0v) is 15.1. The molecular weight excluding hydrogens is 334 g/mol. The van der Waals surface area contributed by atoms with Crippen molar-refractivity contribution in [3.63, 3.8) is 0 Å². The third kappa shape index (κ3) is 2.95. The molecule has 0 saturated heterocycles. The van der Waals surface area contributed by atoms with Crippen molar-refractivity contribution in [1.82, 2.24) is 14.1 Å². The molecule has 0 amide bonds. The van der Waals surface area contributed by atoms with Crippen molar-refractivity contribution in [3.05, 3.63) is 27.1 Å². The highest BCUT2D eigenvalue weighted by molar-refractivity contribution is 7.89. The summed E-state index contributed by atoms with van der Waals surface area (Å²) in [5.41, 5.74) is 0.444. The molecule has 0 bridgehead atoms. The molecule has 2 aromatic heterocycles. The molecule has 23 heavy (non-hydrogen) atoms. The number of sulfonamides is 1. The van der Waals surface area contributed by atoms with Gasteiger partial charge in [0.25, 0.3) is 5.56 Å². The summed E-state index contributed by atoms with van der Waals surface area (Å²) in [5.74, 6) is 0.279. The van der Waals surface area contributed by atoms with Crippen molar-refractivity contribution in [1.29, 1.82) is 0 Å². The van der Waals surface area contributed by atoms with Crippen LogP contribution in [0.1, 0.15) is 44.0 Å². The van der Waals surface area contributed by atoms with Gasteiger partial charge in [0.1, 0.15) is 0 Å². The van der Waals surface area contributed by atoms with Gasteiger partial charge in [0.05, 0.1) is 5.69 Å². The van der Waals surface area contributed by atoms with E-state index in [1.165, 1.54) is 15.7 Å². The fourth-order valence-electron chi connectivity index (χ4n) is 3.23. The Labute approximate surface area is 139 Å². The third-order valence-corrected chi connectivity index (χ3v) is 7.12. The second-order valence-corrected chi connectivity index (χ2v) is 8.80. The largest absolute Gasteiger partial charge is 0.279 e. The molecule has 1 saturated carbocycles. The highest BCUT2D eigenvalue weighted by atomic mass is 32.2. The Hall–Kier alpha value is -1.25. The van der Waals surface area contributed by atoms with Gasteiger partial charge in [0, 0.05) is 17.1 Å². The summed E-state index contributed by atoms with van der Waals surface area (Å²) >= 11 is 1.33. The lowest BCUT2D eigenvalue weighted by Crippen LogP contribution is -2.43. The molecule has 3 rings (SSSR count). The molecular formula is C15H21N3O3S2. The van der Waals surface area contributed by atoms with Crippen LogP contribution in [0.3, 0.4) is 0 Å². The van der Waals surface area contributed by atoms with E-state index in [4.69, 9.17) is 0 Å². The summed E-state index contributed by atoms with van der Waals surface area (Å²) in [6.07, 6.45) is 3.96. The van der Waals surface area contributed by atoms with Crippen LogP contribution >= 0.6 is 11.3 Å². The topological polar surface area (TPSA) is 80.5 Å². The fraction of sp³-hybridized carbons (Fsp3) is 0.600. The van der Waals surface area contributed by atoms with Crippen LogP contribution in [0, 0.1) is 19.8 Å². The Bertz CT molecular complexity index is 899. The number of thiazole rings is 1. The standard InChI is InChI=1S/C15H21N3O3S2/c1-9-6-4-5-7-12(9)17-23(20,21)13-11(3)16-15-18(14(13)19)10(2)8-22-15/h8-9,12,17H,4-7H2,1-3H3/t9-,12-/m0/s1. The zero-order valence-electron chi connectivity index (χ0n) is 13.5. The SMILES string of the molecule is Cc1nc2scc(C)n2c(=O)c1S(=O)(=O)N[C@H]1CCCC[C@@H]1C. The monoisotopic (exact) mass is 355 g/mol. The number of fused-ring (bicyclic) bond motifs is 1. The summed E-state index contributed by atoms with van der Waals surface area (Å²) in [7, 11) is -3.88. The molecule has 2 aromatic rings. The quantitative estimate of drug-likeness (QED) is 0.915. The Kier molecular flexibility index (Phi) is 4.33. The zero-order chi connectivity index (χ0) is 16.8. The molecule has 1 N–H and O–H groups in total. The molecule has 1 aliphatic rings. The van der Waals surface area contributed by atoms with Gasteiger partial charge in [0.15, 0.2) is 9.86 Å². The van der Waals surface area contributed by atoms with E-state index in [0.717, 1.165) is 25.7 Å². The van der Waals surface area contributed by atoms with Crippen LogP contribution < -0.4 is 10.3 Å². The van der Waals surface area contributed by atoms with Crippen molar-refractivity contribution in [2.75, 3.05) is 0 Å². The minimum Gasteiger partial charge on any atom is -0.267 e. The summed E-state index contributed by atoms with van der Waals surface area (Å²) in [4.78, 5) is 17.3. The number of aryl methyl sites for hydroxylation is 2. The van der Waals surface area contributed by atoms with Crippen LogP contribution in [0.25, 0.3) is 4.96 Å². The van der Waals surface area contributed by atoms with Crippen LogP contribution in [-0.4, -0.2) is 23.8 Å². The van der Waals surface area contributed by atoms with Crippen LogP contribution in [0.15, 0.2) is 15.1 Å². The van der Waals surface area contributed by atoms with Gasteiger partial charge < -0.3 is 0 Å². The molecule has 0 unspecified atom stereocenters. The highest BCUT2D eigenvalue weighted by Crippen LogP contribution is 2.25. The molecule has 2 atom stereocenters. The van der Waals surface area contributed by atoms with Crippen molar-refractivity contribution in [2.24, 2.45) is 5.92 Å². The van der Waals surface area contributed by atoms with Crippen molar-refractivity contribution < 1.29 is 8.42 Å². The normalized spacial score (nSPS) is 22.6. The first-order valence-electron chi connectivity index (χ1n) is 7.81. The number of nitrogens with zero attached hydrogens (tertiary/aromatic N) is 2. The van der Waals surface area contributed by atoms with Gasteiger partial charge in [-0.25, -0.2) is 18.1 Å². The first-order chi connectivity index (χ1) is 10.8. The maximum absolute atomic E-state index is 12.8. The molecule has 0 aliphatic heterocycles. The lowest BCUT2D eigenvalue weighted by Gasteiger charge is -2.29. The first-order valence-corrected chi connectivity index (χ1v) is 10.2. The fourth-order valence-corrected chi connectivity index (χ4v) is 5.75. The number of rotatable bonds is 3. The third-order valence-electron chi connectivity index (χ3n) is 4.55. The van der Waals surface area contributed by atoms with Crippen molar-refractivity contribution in [3.8, 4) is 0 Å². The van der Waals surface area contributed by atoms with E-state index in [0.29, 0.717) is 10.7 Å². The maximum atomic E-state index is 12.8. The summed E-state index contributed by atoms with van der Waals surface area (Å²) in [6.45, 7) is 5.40. The van der Waals surface area contributed by atoms with Gasteiger partial charge in [-0.15, -0.1) is 11.3 Å². The van der Waals surface area contributed by atoms with Gasteiger partial charge in [0.2, 0.25) is 10.0 Å². The van der Waals surface area contributed by atoms with E-state index in [9.17, 15) is 13.2 Å². The predicted molar refractivity (Wildman–Crippen MR) is 90.6 cm³/mol. The van der Waals surface area contributed by atoms with E-state index < -0.39 is 15.6 Å². The van der Waals surface area contributed by atoms with E-state index in [1.54, 1.807) is 19.2 Å². The molecule has 1 fully saturated rings. The molecule has 8 heteroatoms. The van der Waals surface area contributed by atoms with Crippen LogP contribution in [-0.2, 0) is 10.0 Å². The van der Waals surface area contributed by atoms with Gasteiger partial charge >= 0.3 is 0 Å². The summed E-state index contributed by atoms with van der Waals surface area (Å²) in [6, 6.07) is -0.114. The maximum Gasteiger partial charge on any atom is 0.279 e. The number of hydrogen-bond acceptors (Lipinski definition) is 5. The van der Waals surface area contributed by atoms with Gasteiger partial charge in [-0.05, 0) is 32.6 Å². The molecule has 126 valence electrons. The lowest BCUT2D eigenvalue weighted by atomic mass is 9.87. The van der Waals surface area contributed by atoms with E-state index in [-0.39, 0.29) is 22.5 Å². The first kappa shape index (κ1) is 16.6. The average molecular weight is 355 g/mol. The van der Waals surface area contributed by atoms with Crippen LogP contribution in [0.4, 0.5) is 0 Å². The second kappa shape index (κ2) is 5.99. The lowest BCUT2D eigenvalue weighted by molar-refractivity contribution is 0.310. The van der Waals surface area contributed by atoms with Crippen LogP contribution in [0.2, 0.25) is 0 Å². The Morgan fingerprint density at radius 2 is 2.00 bits per heavy atom. The molecule has 0 radical (unpaired) electrons. The summed E-state index contributed by atoms with van der Waals surface area (Å²) in [5, 5.41) is 1.80. The van der Waals surface area contributed by atoms with E-state index in [2.05, 4.69) is 16.6 Å². The van der Waals surface area contributed by atoms with Gasteiger partial charge in [-0.3, -0.25) is 9.20 Å². The average Bonchev–Trinajstić information content (AvgIpc) is 2.82. The molecule has 0 spiro atoms. The molecule has 6 nitrogen and oxygen atoms in total. The number of aromatic nitrogens is 2. The Balaban J connectivity index is 2.07. The summed E-state index contributed by atoms with van der Waals surface area (Å²) < 4.78 is 29.7. The smallest absolute Gasteiger partial charge is 0.267 e. The molecule has 1 aliphatic carbocycles. The molecule has 0 aromatic carbocycles. The van der Waals surface area contributed by atoms with Gasteiger partial charge in [-0.1, -0.05) is 19.8 Å². The predicted octanol–water partition coefficient (Wildman–Crippen LogP) is 2.23. The highest BCUT2D eigenvalue weighted by Gasteiger charge is 2.30. The number of hydrogen-bond donors (Lipinski definition) is 1. The number of nitrogens with one attached hydrogen (secondary N) is 1. The van der Waals surface area contributed by atoms with E-state index >= 15 is 0 Å². The minimum absolute atomic E-state index is 0.114. The minimum atomic E-state index is -3.88. The Morgan fingerprint density at radius 1 is 1.30 bits per heavy atom. The van der Waals surface area contributed by atoms with E-state index in [1.807, 2.05) is 0 Å².